The van der Waals surface area contributed by atoms with Gasteiger partial charge in [-0.25, -0.2) is 0 Å². The molecule has 1 aromatic rings. The Labute approximate surface area is 139 Å². The first-order chi connectivity index (χ1) is 10.8. The standard InChI is InChI=1S/C21H30O2/c1-14-4-6-16-8-9-21(23)18-7-5-15(2)19(18,3)10-11-20(21,22)13-17(16)12-14/h4,6,12,15,18,22-23H,5,7-11,13H2,1-3H3/t15-,18+,19+,20-,21-/m0/s1. The van der Waals surface area contributed by atoms with E-state index in [0.29, 0.717) is 18.8 Å². The average Bonchev–Trinajstić information content (AvgIpc) is 2.74. The molecule has 0 spiro atoms. The summed E-state index contributed by atoms with van der Waals surface area (Å²) in [6.45, 7) is 6.80. The van der Waals surface area contributed by atoms with E-state index in [1.165, 1.54) is 23.1 Å². The third kappa shape index (κ3) is 2.01. The zero-order chi connectivity index (χ0) is 16.5. The van der Waals surface area contributed by atoms with Gasteiger partial charge >= 0.3 is 0 Å². The van der Waals surface area contributed by atoms with Crippen LogP contribution in [0.4, 0.5) is 0 Å². The van der Waals surface area contributed by atoms with Crippen molar-refractivity contribution in [2.24, 2.45) is 17.3 Å². The van der Waals surface area contributed by atoms with Gasteiger partial charge in [-0.15, -0.1) is 0 Å². The first-order valence-corrected chi connectivity index (χ1v) is 9.32. The summed E-state index contributed by atoms with van der Waals surface area (Å²) in [7, 11) is 0. The van der Waals surface area contributed by atoms with Crippen molar-refractivity contribution in [3.63, 3.8) is 0 Å². The SMILES string of the molecule is Cc1ccc2c(c1)C[C@@]1(O)CC[C@@]3(C)[C@@H](CC[C@@H]3C)[C@@]1(O)CC2. The Morgan fingerprint density at radius 3 is 2.61 bits per heavy atom. The molecule has 3 aliphatic carbocycles. The fourth-order valence-corrected chi connectivity index (χ4v) is 6.09. The number of hydrogen-bond acceptors (Lipinski definition) is 2. The van der Waals surface area contributed by atoms with Crippen molar-refractivity contribution in [3.05, 3.63) is 34.9 Å². The van der Waals surface area contributed by atoms with E-state index in [2.05, 4.69) is 39.0 Å². The number of aliphatic hydroxyl groups is 2. The molecule has 2 N–H and O–H groups in total. The van der Waals surface area contributed by atoms with Gasteiger partial charge in [0.1, 0.15) is 0 Å². The maximum absolute atomic E-state index is 11.8. The summed E-state index contributed by atoms with van der Waals surface area (Å²) in [4.78, 5) is 0. The minimum atomic E-state index is -0.958. The first-order valence-electron chi connectivity index (χ1n) is 9.32. The predicted octanol–water partition coefficient (Wildman–Crippen LogP) is 3.79. The highest BCUT2D eigenvalue weighted by molar-refractivity contribution is 5.36. The van der Waals surface area contributed by atoms with Gasteiger partial charge in [0, 0.05) is 6.42 Å². The Kier molecular flexibility index (Phi) is 3.29. The lowest BCUT2D eigenvalue weighted by molar-refractivity contribution is -0.233. The fourth-order valence-electron chi connectivity index (χ4n) is 6.09. The number of rotatable bonds is 0. The van der Waals surface area contributed by atoms with Crippen molar-refractivity contribution in [1.82, 2.24) is 0 Å². The van der Waals surface area contributed by atoms with Crippen LogP contribution < -0.4 is 0 Å². The van der Waals surface area contributed by atoms with Crippen LogP contribution in [0.5, 0.6) is 0 Å². The quantitative estimate of drug-likeness (QED) is 0.765. The third-order valence-electron chi connectivity index (χ3n) is 7.89. The molecule has 3 aliphatic rings. The number of fused-ring (bicyclic) bond motifs is 4. The molecule has 0 amide bonds. The van der Waals surface area contributed by atoms with Crippen LogP contribution in [0.1, 0.15) is 62.6 Å². The van der Waals surface area contributed by atoms with Gasteiger partial charge in [0.2, 0.25) is 0 Å². The Morgan fingerprint density at radius 2 is 1.83 bits per heavy atom. The van der Waals surface area contributed by atoms with E-state index in [9.17, 15) is 10.2 Å². The lowest BCUT2D eigenvalue weighted by Gasteiger charge is -2.57. The second-order valence-electron chi connectivity index (χ2n) is 8.94. The minimum absolute atomic E-state index is 0.188. The van der Waals surface area contributed by atoms with Gasteiger partial charge in [0.15, 0.2) is 0 Å². The molecule has 5 atom stereocenters. The van der Waals surface area contributed by atoms with Crippen LogP contribution in [0.2, 0.25) is 0 Å². The van der Waals surface area contributed by atoms with Gasteiger partial charge in [-0.05, 0) is 73.8 Å². The molecular formula is C21H30O2. The highest BCUT2D eigenvalue weighted by atomic mass is 16.4. The second-order valence-corrected chi connectivity index (χ2v) is 8.94. The van der Waals surface area contributed by atoms with Crippen LogP contribution in [0, 0.1) is 24.2 Å². The maximum atomic E-state index is 11.8. The summed E-state index contributed by atoms with van der Waals surface area (Å²) < 4.78 is 0. The topological polar surface area (TPSA) is 40.5 Å². The molecule has 2 saturated carbocycles. The van der Waals surface area contributed by atoms with Crippen LogP contribution >= 0.6 is 0 Å². The van der Waals surface area contributed by atoms with Crippen LogP contribution in [0.25, 0.3) is 0 Å². The minimum Gasteiger partial charge on any atom is -0.387 e. The molecular weight excluding hydrogens is 284 g/mol. The Morgan fingerprint density at radius 1 is 1.04 bits per heavy atom. The lowest BCUT2D eigenvalue weighted by Crippen LogP contribution is -2.65. The summed E-state index contributed by atoms with van der Waals surface area (Å²) in [5.41, 5.74) is 2.11. The van der Waals surface area contributed by atoms with E-state index in [1.54, 1.807) is 0 Å². The van der Waals surface area contributed by atoms with Crippen LogP contribution in [0.15, 0.2) is 18.2 Å². The molecule has 126 valence electrons. The fraction of sp³-hybridized carbons (Fsp3) is 0.714. The molecule has 0 bridgehead atoms. The summed E-state index contributed by atoms with van der Waals surface area (Å²) in [5, 5.41) is 23.3. The van der Waals surface area contributed by atoms with Crippen LogP contribution in [-0.2, 0) is 12.8 Å². The summed E-state index contributed by atoms with van der Waals surface area (Å²) in [5.74, 6) is 0.883. The molecule has 2 fully saturated rings. The Balaban J connectivity index is 1.78. The van der Waals surface area contributed by atoms with Gasteiger partial charge in [0.05, 0.1) is 11.2 Å². The lowest BCUT2D eigenvalue weighted by atomic mass is 9.53. The molecule has 0 unspecified atom stereocenters. The van der Waals surface area contributed by atoms with Crippen molar-refractivity contribution < 1.29 is 10.2 Å². The molecule has 2 nitrogen and oxygen atoms in total. The third-order valence-corrected chi connectivity index (χ3v) is 7.89. The molecule has 4 rings (SSSR count). The molecule has 1 aromatic carbocycles. The van der Waals surface area contributed by atoms with Gasteiger partial charge in [-0.3, -0.25) is 0 Å². The number of benzene rings is 1. The molecule has 2 heteroatoms. The van der Waals surface area contributed by atoms with E-state index in [0.717, 1.165) is 25.7 Å². The van der Waals surface area contributed by atoms with Crippen LogP contribution in [0.3, 0.4) is 0 Å². The molecule has 23 heavy (non-hydrogen) atoms. The highest BCUT2D eigenvalue weighted by Crippen LogP contribution is 2.63. The molecule has 0 radical (unpaired) electrons. The van der Waals surface area contributed by atoms with Crippen molar-refractivity contribution in [1.29, 1.82) is 0 Å². The summed E-state index contributed by atoms with van der Waals surface area (Å²) in [6, 6.07) is 6.57. The maximum Gasteiger partial charge on any atom is 0.0976 e. The molecule has 0 aliphatic heterocycles. The highest BCUT2D eigenvalue weighted by Gasteiger charge is 2.65. The number of hydrogen-bond donors (Lipinski definition) is 2. The van der Waals surface area contributed by atoms with Crippen molar-refractivity contribution in [2.75, 3.05) is 0 Å². The van der Waals surface area contributed by atoms with Gasteiger partial charge in [-0.1, -0.05) is 37.6 Å². The van der Waals surface area contributed by atoms with E-state index in [-0.39, 0.29) is 11.3 Å². The van der Waals surface area contributed by atoms with Crippen molar-refractivity contribution in [2.45, 2.75) is 76.9 Å². The van der Waals surface area contributed by atoms with E-state index >= 15 is 0 Å². The molecule has 0 aromatic heterocycles. The summed E-state index contributed by atoms with van der Waals surface area (Å²) in [6.07, 6.45) is 6.22. The first kappa shape index (κ1) is 15.7. The Bertz CT molecular complexity index is 639. The van der Waals surface area contributed by atoms with E-state index < -0.39 is 11.2 Å². The zero-order valence-electron chi connectivity index (χ0n) is 14.7. The van der Waals surface area contributed by atoms with E-state index in [1.807, 2.05) is 0 Å². The molecule has 0 heterocycles. The predicted molar refractivity (Wildman–Crippen MR) is 92.3 cm³/mol. The molecule has 0 saturated heterocycles. The number of aryl methyl sites for hydroxylation is 2. The summed E-state index contributed by atoms with van der Waals surface area (Å²) >= 11 is 0. The van der Waals surface area contributed by atoms with E-state index in [4.69, 9.17) is 0 Å². The zero-order valence-corrected chi connectivity index (χ0v) is 14.7. The largest absolute Gasteiger partial charge is 0.387 e. The van der Waals surface area contributed by atoms with Gasteiger partial charge < -0.3 is 10.2 Å². The smallest absolute Gasteiger partial charge is 0.0976 e. The van der Waals surface area contributed by atoms with Gasteiger partial charge in [-0.2, -0.15) is 0 Å². The van der Waals surface area contributed by atoms with Gasteiger partial charge in [0.25, 0.3) is 0 Å². The van der Waals surface area contributed by atoms with Crippen molar-refractivity contribution >= 4 is 0 Å². The second kappa shape index (κ2) is 4.83. The van der Waals surface area contributed by atoms with Crippen LogP contribution in [-0.4, -0.2) is 21.4 Å². The Hall–Kier alpha value is -0.860. The van der Waals surface area contributed by atoms with Crippen molar-refractivity contribution in [3.8, 4) is 0 Å². The average molecular weight is 314 g/mol. The monoisotopic (exact) mass is 314 g/mol. The normalized spacial score (nSPS) is 45.8.